The molecule has 9 heteroatoms. The van der Waals surface area contributed by atoms with Gasteiger partial charge in [-0.2, -0.15) is 4.79 Å². The quantitative estimate of drug-likeness (QED) is 0.176. The molecule has 0 aliphatic carbocycles. The first-order chi connectivity index (χ1) is 17.5. The molecule has 0 aromatic heterocycles. The fourth-order valence-corrected chi connectivity index (χ4v) is 3.27. The van der Waals surface area contributed by atoms with Crippen LogP contribution in [0.3, 0.4) is 0 Å². The van der Waals surface area contributed by atoms with Gasteiger partial charge >= 0.3 is 12.3 Å². The summed E-state index contributed by atoms with van der Waals surface area (Å²) in [6.45, 7) is 0.0489. The fourth-order valence-electron chi connectivity index (χ4n) is 3.27. The van der Waals surface area contributed by atoms with Crippen LogP contribution in [0.2, 0.25) is 0 Å². The Morgan fingerprint density at radius 3 is 1.86 bits per heavy atom. The topological polar surface area (TPSA) is 130 Å². The second-order valence-electron chi connectivity index (χ2n) is 7.78. The Morgan fingerprint density at radius 2 is 1.31 bits per heavy atom. The van der Waals surface area contributed by atoms with Gasteiger partial charge in [0.2, 0.25) is 12.1 Å². The molecule has 0 aliphatic heterocycles. The highest BCUT2D eigenvalue weighted by atomic mass is 16.5. The zero-order chi connectivity index (χ0) is 25.6. The van der Waals surface area contributed by atoms with E-state index < -0.39 is 30.1 Å². The molecular weight excluding hydrogens is 460 g/mol. The van der Waals surface area contributed by atoms with E-state index in [1.54, 1.807) is 12.1 Å². The van der Waals surface area contributed by atoms with Crippen molar-refractivity contribution in [2.24, 2.45) is 0 Å². The normalized spacial score (nSPS) is 11.9. The summed E-state index contributed by atoms with van der Waals surface area (Å²) in [4.78, 5) is 40.8. The maximum Gasteiger partial charge on any atom is 0.408 e. The summed E-state index contributed by atoms with van der Waals surface area (Å²) in [6.07, 6.45) is -1.45. The molecule has 0 aliphatic rings. The van der Waals surface area contributed by atoms with E-state index in [0.29, 0.717) is 6.21 Å². The number of rotatable bonds is 12. The number of ketones is 1. The van der Waals surface area contributed by atoms with Crippen molar-refractivity contribution in [2.75, 3.05) is 0 Å². The molecule has 184 valence electrons. The van der Waals surface area contributed by atoms with E-state index >= 15 is 0 Å². The van der Waals surface area contributed by atoms with E-state index in [4.69, 9.17) is 15.0 Å². The van der Waals surface area contributed by atoms with Gasteiger partial charge in [-0.15, -0.1) is 0 Å². The monoisotopic (exact) mass is 486 g/mol. The summed E-state index contributed by atoms with van der Waals surface area (Å²) < 4.78 is 10.9. The zero-order valence-electron chi connectivity index (χ0n) is 19.4. The Bertz CT molecular complexity index is 1180. The number of Topliss-reactive ketones (excluding diaryl/α,β-unsaturated/α-hetero) is 1. The highest BCUT2D eigenvalue weighted by Crippen LogP contribution is 2.07. The number of carbonyl (C=O) groups is 3. The van der Waals surface area contributed by atoms with Crippen molar-refractivity contribution >= 4 is 24.0 Å². The van der Waals surface area contributed by atoms with Crippen LogP contribution in [-0.4, -0.2) is 41.1 Å². The molecule has 0 radical (unpaired) electrons. The van der Waals surface area contributed by atoms with Gasteiger partial charge in [-0.25, -0.2) is 4.79 Å². The van der Waals surface area contributed by atoms with Gasteiger partial charge in [0.25, 0.3) is 5.78 Å². The molecule has 0 saturated heterocycles. The van der Waals surface area contributed by atoms with Crippen LogP contribution in [0.5, 0.6) is 0 Å². The third kappa shape index (κ3) is 8.64. The number of carbonyl (C=O) groups excluding carboxylic acids is 3. The molecule has 2 N–H and O–H groups in total. The maximum absolute atomic E-state index is 13.2. The van der Waals surface area contributed by atoms with Crippen LogP contribution in [-0.2, 0) is 38.7 Å². The molecule has 9 nitrogen and oxygen atoms in total. The number of benzene rings is 3. The van der Waals surface area contributed by atoms with Crippen molar-refractivity contribution in [3.63, 3.8) is 0 Å². The summed E-state index contributed by atoms with van der Waals surface area (Å²) in [5.74, 6) is -1.44. The average Bonchev–Trinajstić information content (AvgIpc) is 2.91. The first kappa shape index (κ1) is 26.0. The molecule has 2 amide bonds. The standard InChI is InChI=1S/C27H26N4O5/c28-29-17-24(32)26(35-18-21-12-6-2-7-13-21)31-25(33)23(16-20-10-4-1-5-11-20)30-27(34)36-19-22-14-8-3-9-15-22/h1-15,17,23,26H,16,18-19H2,(H,30,34)(H,31,33)/t23-,26-/m0/s1. The van der Waals surface area contributed by atoms with Crippen molar-refractivity contribution in [1.29, 1.82) is 0 Å². The largest absolute Gasteiger partial charge is 0.445 e. The van der Waals surface area contributed by atoms with E-state index in [-0.39, 0.29) is 19.6 Å². The van der Waals surface area contributed by atoms with Gasteiger partial charge in [0.1, 0.15) is 12.6 Å². The lowest BCUT2D eigenvalue weighted by molar-refractivity contribution is -0.138. The number of nitrogens with one attached hydrogen (secondary N) is 2. The van der Waals surface area contributed by atoms with E-state index in [2.05, 4.69) is 15.4 Å². The van der Waals surface area contributed by atoms with Crippen LogP contribution in [0.25, 0.3) is 5.53 Å². The molecule has 3 aromatic carbocycles. The van der Waals surface area contributed by atoms with E-state index in [1.807, 2.05) is 78.9 Å². The van der Waals surface area contributed by atoms with Gasteiger partial charge in [0.15, 0.2) is 0 Å². The van der Waals surface area contributed by atoms with Crippen LogP contribution in [0.1, 0.15) is 16.7 Å². The van der Waals surface area contributed by atoms with Crippen LogP contribution in [0.15, 0.2) is 91.0 Å². The van der Waals surface area contributed by atoms with Crippen LogP contribution < -0.4 is 10.6 Å². The van der Waals surface area contributed by atoms with Crippen molar-refractivity contribution in [1.82, 2.24) is 10.6 Å². The Kier molecular flexibility index (Phi) is 10.1. The number of amides is 2. The number of alkyl carbamates (subject to hydrolysis) is 1. The van der Waals surface area contributed by atoms with Crippen LogP contribution >= 0.6 is 0 Å². The molecule has 0 spiro atoms. The molecule has 3 aromatic rings. The zero-order valence-corrected chi connectivity index (χ0v) is 19.4. The highest BCUT2D eigenvalue weighted by Gasteiger charge is 2.29. The molecular formula is C27H26N4O5. The Morgan fingerprint density at radius 1 is 0.778 bits per heavy atom. The lowest BCUT2D eigenvalue weighted by Gasteiger charge is -2.22. The van der Waals surface area contributed by atoms with Crippen LogP contribution in [0.4, 0.5) is 4.79 Å². The van der Waals surface area contributed by atoms with E-state index in [1.165, 1.54) is 0 Å². The van der Waals surface area contributed by atoms with Crippen LogP contribution in [0, 0.1) is 0 Å². The minimum absolute atomic E-state index is 0.0205. The van der Waals surface area contributed by atoms with Crippen molar-refractivity contribution in [3.05, 3.63) is 113 Å². The molecule has 0 heterocycles. The smallest absolute Gasteiger partial charge is 0.408 e. The number of hydrogen-bond donors (Lipinski definition) is 2. The van der Waals surface area contributed by atoms with Gasteiger partial charge in [-0.1, -0.05) is 91.0 Å². The number of nitrogens with zero attached hydrogens (tertiary/aromatic N) is 2. The predicted octanol–water partition coefficient (Wildman–Crippen LogP) is 3.05. The Balaban J connectivity index is 1.70. The molecule has 0 bridgehead atoms. The first-order valence-electron chi connectivity index (χ1n) is 11.2. The lowest BCUT2D eigenvalue weighted by Crippen LogP contribution is -2.53. The highest BCUT2D eigenvalue weighted by molar-refractivity contribution is 6.27. The summed E-state index contributed by atoms with van der Waals surface area (Å²) in [5.41, 5.74) is 11.1. The van der Waals surface area contributed by atoms with E-state index in [0.717, 1.165) is 16.7 Å². The second kappa shape index (κ2) is 14.0. The Labute approximate surface area is 208 Å². The van der Waals surface area contributed by atoms with Gasteiger partial charge in [-0.05, 0) is 16.7 Å². The number of hydrogen-bond acceptors (Lipinski definition) is 5. The molecule has 0 unspecified atom stereocenters. The van der Waals surface area contributed by atoms with Gasteiger partial charge < -0.3 is 25.6 Å². The fraction of sp³-hybridized carbons (Fsp3) is 0.185. The predicted molar refractivity (Wildman–Crippen MR) is 132 cm³/mol. The third-order valence-electron chi connectivity index (χ3n) is 5.08. The maximum atomic E-state index is 13.2. The summed E-state index contributed by atoms with van der Waals surface area (Å²) in [6, 6.07) is 26.2. The molecule has 2 atom stereocenters. The molecule has 3 rings (SSSR count). The average molecular weight is 487 g/mol. The summed E-state index contributed by atoms with van der Waals surface area (Å²) >= 11 is 0. The molecule has 0 fully saturated rings. The minimum atomic E-state index is -1.44. The molecule has 0 saturated carbocycles. The second-order valence-corrected chi connectivity index (χ2v) is 7.78. The van der Waals surface area contributed by atoms with Crippen molar-refractivity contribution < 1.29 is 28.6 Å². The van der Waals surface area contributed by atoms with Gasteiger partial charge in [0.05, 0.1) is 6.61 Å². The lowest BCUT2D eigenvalue weighted by atomic mass is 10.1. The third-order valence-corrected chi connectivity index (χ3v) is 5.08. The Hall–Kier alpha value is -4.59. The molecule has 36 heavy (non-hydrogen) atoms. The first-order valence-corrected chi connectivity index (χ1v) is 11.2. The van der Waals surface area contributed by atoms with Gasteiger partial charge in [0, 0.05) is 6.42 Å². The number of ether oxygens (including phenoxy) is 2. The van der Waals surface area contributed by atoms with Crippen molar-refractivity contribution in [2.45, 2.75) is 31.9 Å². The van der Waals surface area contributed by atoms with E-state index in [9.17, 15) is 14.4 Å². The van der Waals surface area contributed by atoms with Gasteiger partial charge in [-0.3, -0.25) is 9.59 Å². The SMILES string of the molecule is [N-]=[N+]=CC(=O)[C@@H](NC(=O)[C@H](Cc1ccccc1)NC(=O)OCc1ccccc1)OCc1ccccc1. The minimum Gasteiger partial charge on any atom is -0.445 e. The summed E-state index contributed by atoms with van der Waals surface area (Å²) in [7, 11) is 0. The summed E-state index contributed by atoms with van der Waals surface area (Å²) in [5, 5.41) is 5.05. The van der Waals surface area contributed by atoms with Crippen molar-refractivity contribution in [3.8, 4) is 0 Å².